The summed E-state index contributed by atoms with van der Waals surface area (Å²) in [5.74, 6) is -0.290. The van der Waals surface area contributed by atoms with Crippen molar-refractivity contribution in [3.8, 4) is 0 Å². The van der Waals surface area contributed by atoms with Crippen molar-refractivity contribution in [1.82, 2.24) is 5.32 Å². The summed E-state index contributed by atoms with van der Waals surface area (Å²) in [4.78, 5) is 13.1. The zero-order chi connectivity index (χ0) is 20.9. The molecule has 0 bridgehead atoms. The monoisotopic (exact) mass is 402 g/mol. The Balaban J connectivity index is 2.34. The van der Waals surface area contributed by atoms with Crippen molar-refractivity contribution in [1.29, 1.82) is 0 Å². The van der Waals surface area contributed by atoms with Gasteiger partial charge in [-0.05, 0) is 49.9 Å². The van der Waals surface area contributed by atoms with Gasteiger partial charge in [0.15, 0.2) is 0 Å². The molecular weight excluding hydrogens is 372 g/mol. The van der Waals surface area contributed by atoms with Gasteiger partial charge in [0.05, 0.1) is 18.0 Å². The van der Waals surface area contributed by atoms with E-state index in [4.69, 9.17) is 0 Å². The molecule has 0 aromatic heterocycles. The fraction of sp³-hybridized carbons (Fsp3) is 0.409. The summed E-state index contributed by atoms with van der Waals surface area (Å²) in [6, 6.07) is 14.3. The number of rotatable bonds is 8. The predicted molar refractivity (Wildman–Crippen MR) is 115 cm³/mol. The maximum atomic E-state index is 13.1. The molecule has 2 aromatic carbocycles. The summed E-state index contributed by atoms with van der Waals surface area (Å²) in [6.45, 7) is 7.74. The molecule has 0 radical (unpaired) electrons. The first-order valence-electron chi connectivity index (χ1n) is 9.60. The number of carbonyl (C=O) groups is 1. The summed E-state index contributed by atoms with van der Waals surface area (Å²) < 4.78 is 26.3. The molecule has 0 saturated heterocycles. The SMILES string of the molecule is CC[C@@H](NC(=O)[C@H](CC)N(c1cccc(C)c1)S(C)(=O)=O)c1ccc(C)cc1. The summed E-state index contributed by atoms with van der Waals surface area (Å²) in [5, 5.41) is 3.05. The molecule has 6 heteroatoms. The number of carbonyl (C=O) groups excluding carboxylic acids is 1. The van der Waals surface area contributed by atoms with Crippen LogP contribution in [0, 0.1) is 13.8 Å². The average Bonchev–Trinajstić information content (AvgIpc) is 2.63. The fourth-order valence-electron chi connectivity index (χ4n) is 3.31. The van der Waals surface area contributed by atoms with Crippen LogP contribution in [0.3, 0.4) is 0 Å². The Morgan fingerprint density at radius 2 is 1.64 bits per heavy atom. The van der Waals surface area contributed by atoms with Crippen molar-refractivity contribution in [3.63, 3.8) is 0 Å². The van der Waals surface area contributed by atoms with E-state index in [9.17, 15) is 13.2 Å². The highest BCUT2D eigenvalue weighted by atomic mass is 32.2. The summed E-state index contributed by atoms with van der Waals surface area (Å²) >= 11 is 0. The van der Waals surface area contributed by atoms with E-state index in [1.165, 1.54) is 4.31 Å². The number of hydrogen-bond donors (Lipinski definition) is 1. The topological polar surface area (TPSA) is 66.5 Å². The maximum absolute atomic E-state index is 13.1. The van der Waals surface area contributed by atoms with E-state index in [1.54, 1.807) is 18.2 Å². The van der Waals surface area contributed by atoms with Crippen LogP contribution in [0.15, 0.2) is 48.5 Å². The Morgan fingerprint density at radius 1 is 1.00 bits per heavy atom. The van der Waals surface area contributed by atoms with Gasteiger partial charge in [-0.25, -0.2) is 8.42 Å². The van der Waals surface area contributed by atoms with Crippen LogP contribution in [0.25, 0.3) is 0 Å². The molecule has 28 heavy (non-hydrogen) atoms. The Hall–Kier alpha value is -2.34. The number of aryl methyl sites for hydroxylation is 2. The zero-order valence-corrected chi connectivity index (χ0v) is 18.1. The first-order chi connectivity index (χ1) is 13.2. The Labute approximate surface area is 168 Å². The van der Waals surface area contributed by atoms with E-state index in [2.05, 4.69) is 5.32 Å². The lowest BCUT2D eigenvalue weighted by Crippen LogP contribution is -2.50. The van der Waals surface area contributed by atoms with Crippen LogP contribution in [-0.2, 0) is 14.8 Å². The molecule has 1 amide bonds. The number of nitrogens with one attached hydrogen (secondary N) is 1. The number of hydrogen-bond acceptors (Lipinski definition) is 3. The predicted octanol–water partition coefficient (Wildman–Crippen LogP) is 4.12. The third kappa shape index (κ3) is 5.35. The van der Waals surface area contributed by atoms with Gasteiger partial charge in [-0.1, -0.05) is 55.8 Å². The smallest absolute Gasteiger partial charge is 0.244 e. The highest BCUT2D eigenvalue weighted by Gasteiger charge is 2.32. The van der Waals surface area contributed by atoms with Gasteiger partial charge in [-0.3, -0.25) is 9.10 Å². The minimum absolute atomic E-state index is 0.166. The Bertz CT molecular complexity index is 908. The van der Waals surface area contributed by atoms with E-state index in [0.29, 0.717) is 18.5 Å². The first kappa shape index (κ1) is 22.0. The van der Waals surface area contributed by atoms with Crippen LogP contribution >= 0.6 is 0 Å². The van der Waals surface area contributed by atoms with Gasteiger partial charge in [0, 0.05) is 0 Å². The molecule has 2 atom stereocenters. The second kappa shape index (κ2) is 9.24. The molecule has 0 aliphatic rings. The van der Waals surface area contributed by atoms with E-state index in [0.717, 1.165) is 22.9 Å². The van der Waals surface area contributed by atoms with Crippen LogP contribution in [-0.4, -0.2) is 26.6 Å². The van der Waals surface area contributed by atoms with E-state index >= 15 is 0 Å². The zero-order valence-electron chi connectivity index (χ0n) is 17.3. The average molecular weight is 403 g/mol. The van der Waals surface area contributed by atoms with Crippen LogP contribution in [0.2, 0.25) is 0 Å². The van der Waals surface area contributed by atoms with Crippen molar-refractivity contribution in [2.24, 2.45) is 0 Å². The number of nitrogens with zero attached hydrogens (tertiary/aromatic N) is 1. The standard InChI is InChI=1S/C22H30N2O3S/c1-6-20(18-13-11-16(3)12-14-18)23-22(25)21(7-2)24(28(5,26)27)19-10-8-9-17(4)15-19/h8-15,20-21H,6-7H2,1-5H3,(H,23,25)/t20-,21+/m1/s1. The van der Waals surface area contributed by atoms with Crippen LogP contribution < -0.4 is 9.62 Å². The third-order valence-electron chi connectivity index (χ3n) is 4.79. The lowest BCUT2D eigenvalue weighted by atomic mass is 10.0. The van der Waals surface area contributed by atoms with Gasteiger partial charge in [-0.2, -0.15) is 0 Å². The highest BCUT2D eigenvalue weighted by Crippen LogP contribution is 2.25. The van der Waals surface area contributed by atoms with Gasteiger partial charge in [0.1, 0.15) is 6.04 Å². The van der Waals surface area contributed by atoms with Crippen molar-refractivity contribution >= 4 is 21.6 Å². The van der Waals surface area contributed by atoms with Crippen LogP contribution in [0.5, 0.6) is 0 Å². The molecule has 0 aliphatic carbocycles. The fourth-order valence-corrected chi connectivity index (χ4v) is 4.52. The van der Waals surface area contributed by atoms with Crippen molar-refractivity contribution in [2.45, 2.75) is 52.6 Å². The molecule has 1 N–H and O–H groups in total. The number of benzene rings is 2. The number of amides is 1. The lowest BCUT2D eigenvalue weighted by molar-refractivity contribution is -0.123. The van der Waals surface area contributed by atoms with Crippen LogP contribution in [0.4, 0.5) is 5.69 Å². The maximum Gasteiger partial charge on any atom is 0.244 e. The van der Waals surface area contributed by atoms with Crippen molar-refractivity contribution in [3.05, 3.63) is 65.2 Å². The summed E-state index contributed by atoms with van der Waals surface area (Å²) in [5.41, 5.74) is 3.61. The lowest BCUT2D eigenvalue weighted by Gasteiger charge is -2.31. The molecule has 0 spiro atoms. The molecule has 2 rings (SSSR count). The molecule has 0 saturated carbocycles. The van der Waals surface area contributed by atoms with Crippen LogP contribution in [0.1, 0.15) is 49.4 Å². The van der Waals surface area contributed by atoms with Gasteiger partial charge in [0.25, 0.3) is 0 Å². The number of sulfonamides is 1. The molecule has 0 heterocycles. The van der Waals surface area contributed by atoms with E-state index in [1.807, 2.05) is 58.0 Å². The molecular formula is C22H30N2O3S. The molecule has 0 aliphatic heterocycles. The Kier molecular flexibility index (Phi) is 7.24. The Morgan fingerprint density at radius 3 is 2.14 bits per heavy atom. The number of anilines is 1. The van der Waals surface area contributed by atoms with Crippen molar-refractivity contribution < 1.29 is 13.2 Å². The first-order valence-corrected chi connectivity index (χ1v) is 11.4. The quantitative estimate of drug-likeness (QED) is 0.722. The molecule has 0 unspecified atom stereocenters. The normalized spacial score (nSPS) is 13.6. The largest absolute Gasteiger partial charge is 0.347 e. The summed E-state index contributed by atoms with van der Waals surface area (Å²) in [6.07, 6.45) is 2.23. The second-order valence-electron chi connectivity index (χ2n) is 7.20. The molecule has 0 fully saturated rings. The van der Waals surface area contributed by atoms with Gasteiger partial charge < -0.3 is 5.32 Å². The van der Waals surface area contributed by atoms with Gasteiger partial charge in [-0.15, -0.1) is 0 Å². The second-order valence-corrected chi connectivity index (χ2v) is 9.06. The third-order valence-corrected chi connectivity index (χ3v) is 5.97. The van der Waals surface area contributed by atoms with Gasteiger partial charge >= 0.3 is 0 Å². The molecule has 5 nitrogen and oxygen atoms in total. The van der Waals surface area contributed by atoms with Crippen molar-refractivity contribution in [2.75, 3.05) is 10.6 Å². The minimum atomic E-state index is -3.63. The van der Waals surface area contributed by atoms with Gasteiger partial charge in [0.2, 0.25) is 15.9 Å². The molecule has 2 aromatic rings. The van der Waals surface area contributed by atoms with E-state index in [-0.39, 0.29) is 11.9 Å². The molecule has 152 valence electrons. The van der Waals surface area contributed by atoms with E-state index < -0.39 is 16.1 Å². The summed E-state index contributed by atoms with van der Waals surface area (Å²) in [7, 11) is -3.63. The highest BCUT2D eigenvalue weighted by molar-refractivity contribution is 7.92. The minimum Gasteiger partial charge on any atom is -0.347 e.